The lowest BCUT2D eigenvalue weighted by molar-refractivity contribution is -0.0457. The second-order valence-corrected chi connectivity index (χ2v) is 11.9. The van der Waals surface area contributed by atoms with Crippen LogP contribution in [0.15, 0.2) is 15.8 Å². The van der Waals surface area contributed by atoms with Crippen LogP contribution in [-0.4, -0.2) is 66.2 Å². The summed E-state index contributed by atoms with van der Waals surface area (Å²) in [6.07, 6.45) is -2.58. The van der Waals surface area contributed by atoms with E-state index in [4.69, 9.17) is 15.0 Å². The van der Waals surface area contributed by atoms with Crippen molar-refractivity contribution in [2.75, 3.05) is 34.5 Å². The van der Waals surface area contributed by atoms with Gasteiger partial charge < -0.3 is 20.5 Å². The van der Waals surface area contributed by atoms with Crippen molar-refractivity contribution in [3.63, 3.8) is 0 Å². The van der Waals surface area contributed by atoms with Crippen molar-refractivity contribution in [3.8, 4) is 11.8 Å². The summed E-state index contributed by atoms with van der Waals surface area (Å²) in [5, 5.41) is 10.3. The number of nitrogens with two attached hydrogens (primary N) is 1. The van der Waals surface area contributed by atoms with Gasteiger partial charge in [0.25, 0.3) is 5.56 Å². The highest BCUT2D eigenvalue weighted by Crippen LogP contribution is 2.71. The Kier molecular flexibility index (Phi) is 10.4. The molecular formula is C15H24N3O14P3. The van der Waals surface area contributed by atoms with Crippen molar-refractivity contribution in [1.29, 1.82) is 0 Å². The summed E-state index contributed by atoms with van der Waals surface area (Å²) >= 11 is 0. The van der Waals surface area contributed by atoms with E-state index < -0.39 is 59.8 Å². The number of aromatic nitrogens is 2. The molecule has 2 heterocycles. The minimum atomic E-state index is -4.99. The van der Waals surface area contributed by atoms with Gasteiger partial charge in [-0.1, -0.05) is 11.8 Å². The fourth-order valence-corrected chi connectivity index (χ4v) is 6.68. The Labute approximate surface area is 198 Å². The number of aromatic amines is 1. The highest BCUT2D eigenvalue weighted by molar-refractivity contribution is 7.67. The average molecular weight is 563 g/mol. The summed E-state index contributed by atoms with van der Waals surface area (Å²) < 4.78 is 70.2. The van der Waals surface area contributed by atoms with Crippen LogP contribution in [-0.2, 0) is 45.1 Å². The maximum atomic E-state index is 12.7. The Bertz CT molecular complexity index is 1220. The van der Waals surface area contributed by atoms with Gasteiger partial charge in [0.2, 0.25) is 0 Å². The summed E-state index contributed by atoms with van der Waals surface area (Å²) in [5.74, 6) is 4.97. The van der Waals surface area contributed by atoms with E-state index in [1.165, 1.54) is 0 Å². The Morgan fingerprint density at radius 2 is 1.83 bits per heavy atom. The van der Waals surface area contributed by atoms with Crippen molar-refractivity contribution < 1.29 is 55.1 Å². The van der Waals surface area contributed by atoms with Gasteiger partial charge in [-0.2, -0.15) is 8.62 Å². The third-order valence-corrected chi connectivity index (χ3v) is 9.33. The normalized spacial score (nSPS) is 25.1. The quantitative estimate of drug-likeness (QED) is 0.201. The van der Waals surface area contributed by atoms with Crippen LogP contribution < -0.4 is 17.0 Å². The number of hydrogen-bond acceptors (Lipinski definition) is 14. The highest BCUT2D eigenvalue weighted by Gasteiger charge is 2.46. The maximum absolute atomic E-state index is 12.7. The number of rotatable bonds is 11. The summed E-state index contributed by atoms with van der Waals surface area (Å²) in [6, 6.07) is 0. The zero-order valence-electron chi connectivity index (χ0n) is 18.6. The number of phosphoric acid groups is 3. The molecule has 35 heavy (non-hydrogen) atoms. The Morgan fingerprint density at radius 3 is 2.40 bits per heavy atom. The standard InChI is InChI=1S/C15H24N3O14P3/c1-26-33(22,23)31-35(25,28-3)32-34(24,27-2)29-9-12-11(19)7-13(30-12)18-8-10(5-4-6-16)14(20)17-15(18)21/h8,11-13,19H,6-7,9,16H2,1-3H3,(H,22,23)(H,17,20,21). The van der Waals surface area contributed by atoms with E-state index in [-0.39, 0.29) is 18.5 Å². The lowest BCUT2D eigenvalue weighted by Gasteiger charge is -2.23. The Morgan fingerprint density at radius 1 is 1.17 bits per heavy atom. The number of aliphatic hydroxyl groups is 1. The first-order valence-electron chi connectivity index (χ1n) is 9.46. The number of H-pyrrole nitrogens is 1. The molecule has 0 aliphatic carbocycles. The van der Waals surface area contributed by atoms with Crippen LogP contribution in [0.2, 0.25) is 0 Å². The molecule has 5 N–H and O–H groups in total. The predicted octanol–water partition coefficient (Wildman–Crippen LogP) is -0.199. The Hall–Kier alpha value is -1.47. The van der Waals surface area contributed by atoms with Crippen LogP contribution in [0, 0.1) is 11.8 Å². The smallest absolute Gasteiger partial charge is 0.390 e. The first-order valence-corrected chi connectivity index (χ1v) is 13.9. The summed E-state index contributed by atoms with van der Waals surface area (Å²) in [6.45, 7) is -0.716. The molecule has 1 aliphatic heterocycles. The van der Waals surface area contributed by atoms with Crippen LogP contribution in [0.25, 0.3) is 0 Å². The lowest BCUT2D eigenvalue weighted by atomic mass is 10.2. The van der Waals surface area contributed by atoms with Crippen LogP contribution >= 0.6 is 23.5 Å². The van der Waals surface area contributed by atoms with E-state index in [0.717, 1.165) is 32.1 Å². The highest BCUT2D eigenvalue weighted by atomic mass is 31.3. The van der Waals surface area contributed by atoms with Crippen molar-refractivity contribution >= 4 is 23.5 Å². The predicted molar refractivity (Wildman–Crippen MR) is 116 cm³/mol. The number of hydrogen-bond donors (Lipinski definition) is 4. The molecule has 1 aromatic heterocycles. The zero-order chi connectivity index (χ0) is 26.4. The molecule has 20 heteroatoms. The number of phosphoric ester groups is 2. The topological polar surface area (TPSA) is 237 Å². The number of nitrogens with zero attached hydrogens (tertiary/aromatic N) is 1. The molecule has 0 aromatic carbocycles. The minimum absolute atomic E-state index is 0.0272. The summed E-state index contributed by atoms with van der Waals surface area (Å²) in [5.41, 5.74) is 3.62. The van der Waals surface area contributed by atoms with Gasteiger partial charge in [-0.05, 0) is 0 Å². The van der Waals surface area contributed by atoms with Crippen molar-refractivity contribution in [2.45, 2.75) is 24.9 Å². The lowest BCUT2D eigenvalue weighted by Crippen LogP contribution is -2.33. The van der Waals surface area contributed by atoms with E-state index in [2.05, 4.69) is 39.0 Å². The summed E-state index contributed by atoms with van der Waals surface area (Å²) in [4.78, 5) is 35.5. The van der Waals surface area contributed by atoms with E-state index >= 15 is 0 Å². The van der Waals surface area contributed by atoms with E-state index in [1.54, 1.807) is 0 Å². The first-order chi connectivity index (χ1) is 16.3. The van der Waals surface area contributed by atoms with E-state index in [9.17, 15) is 33.3 Å². The van der Waals surface area contributed by atoms with Crippen LogP contribution in [0.3, 0.4) is 0 Å². The molecule has 6 atom stereocenters. The van der Waals surface area contributed by atoms with Gasteiger partial charge in [0, 0.05) is 33.9 Å². The zero-order valence-corrected chi connectivity index (χ0v) is 21.3. The molecule has 2 rings (SSSR count). The number of ether oxygens (including phenoxy) is 1. The van der Waals surface area contributed by atoms with Gasteiger partial charge in [0.15, 0.2) is 0 Å². The van der Waals surface area contributed by atoms with Crippen LogP contribution in [0.4, 0.5) is 0 Å². The minimum Gasteiger partial charge on any atom is -0.390 e. The van der Waals surface area contributed by atoms with Gasteiger partial charge in [-0.15, -0.1) is 0 Å². The van der Waals surface area contributed by atoms with Crippen molar-refractivity contribution in [3.05, 3.63) is 32.6 Å². The van der Waals surface area contributed by atoms with E-state index in [0.29, 0.717) is 0 Å². The number of aliphatic hydroxyl groups excluding tert-OH is 1. The fraction of sp³-hybridized carbons (Fsp3) is 0.600. The SMILES string of the molecule is COP(=O)(O)OP(=O)(OC)OP(=O)(OC)OCC1OC(n2cc(C#CCN)c(=O)[nH]c2=O)CC1O. The largest absolute Gasteiger partial charge is 0.492 e. The van der Waals surface area contributed by atoms with Crippen molar-refractivity contribution in [1.82, 2.24) is 9.55 Å². The molecule has 0 spiro atoms. The van der Waals surface area contributed by atoms with Gasteiger partial charge >= 0.3 is 29.2 Å². The number of nitrogens with one attached hydrogen (secondary N) is 1. The van der Waals surface area contributed by atoms with Crippen LogP contribution in [0.5, 0.6) is 0 Å². The molecule has 1 saturated heterocycles. The van der Waals surface area contributed by atoms with Crippen LogP contribution in [0.1, 0.15) is 18.2 Å². The molecule has 0 bridgehead atoms. The fourth-order valence-electron chi connectivity index (χ4n) is 2.61. The third kappa shape index (κ3) is 8.01. The molecule has 198 valence electrons. The van der Waals surface area contributed by atoms with Gasteiger partial charge in [0.1, 0.15) is 17.9 Å². The molecule has 1 aromatic rings. The van der Waals surface area contributed by atoms with Gasteiger partial charge in [0.05, 0.1) is 19.3 Å². The molecule has 6 unspecified atom stereocenters. The van der Waals surface area contributed by atoms with E-state index in [1.807, 2.05) is 0 Å². The molecule has 0 amide bonds. The molecule has 1 fully saturated rings. The Balaban J connectivity index is 2.15. The monoisotopic (exact) mass is 563 g/mol. The van der Waals surface area contributed by atoms with Crippen molar-refractivity contribution in [2.24, 2.45) is 5.73 Å². The van der Waals surface area contributed by atoms with Gasteiger partial charge in [-0.3, -0.25) is 32.4 Å². The second kappa shape index (κ2) is 12.2. The van der Waals surface area contributed by atoms with Gasteiger partial charge in [-0.25, -0.2) is 18.5 Å². The average Bonchev–Trinajstić information content (AvgIpc) is 3.17. The second-order valence-electron chi connectivity index (χ2n) is 6.52. The third-order valence-electron chi connectivity index (χ3n) is 4.29. The maximum Gasteiger partial charge on any atom is 0.492 e. The molecule has 0 radical (unpaired) electrons. The first kappa shape index (κ1) is 29.8. The molecule has 0 saturated carbocycles. The molecule has 17 nitrogen and oxygen atoms in total. The summed E-state index contributed by atoms with van der Waals surface area (Å²) in [7, 11) is -12.3. The molecule has 1 aliphatic rings. The molecular weight excluding hydrogens is 539 g/mol.